The quantitative estimate of drug-likeness (QED) is 0.858. The number of hydrogen-bond donors (Lipinski definition) is 1. The van der Waals surface area contributed by atoms with Crippen molar-refractivity contribution in [2.45, 2.75) is 32.2 Å². The molecule has 1 N–H and O–H groups in total. The number of benzene rings is 1. The summed E-state index contributed by atoms with van der Waals surface area (Å²) in [5.41, 5.74) is 1.06. The van der Waals surface area contributed by atoms with Crippen LogP contribution in [0, 0.1) is 12.8 Å². The van der Waals surface area contributed by atoms with E-state index in [9.17, 15) is 4.79 Å². The first-order valence-electron chi connectivity index (χ1n) is 8.99. The Morgan fingerprint density at radius 1 is 1.29 bits per heavy atom. The molecular formula is C19H28N2O2S. The lowest BCUT2D eigenvalue weighted by Crippen LogP contribution is -2.44. The average Bonchev–Trinajstić information content (AvgIpc) is 3.14. The molecule has 2 aliphatic heterocycles. The van der Waals surface area contributed by atoms with Gasteiger partial charge in [-0.1, -0.05) is 18.2 Å². The summed E-state index contributed by atoms with van der Waals surface area (Å²) in [7, 11) is 0. The summed E-state index contributed by atoms with van der Waals surface area (Å²) in [6.45, 7) is 5.24. The van der Waals surface area contributed by atoms with E-state index < -0.39 is 0 Å². The summed E-state index contributed by atoms with van der Waals surface area (Å²) in [5, 5.41) is 3.04. The van der Waals surface area contributed by atoms with Crippen molar-refractivity contribution in [1.29, 1.82) is 0 Å². The Balaban J connectivity index is 1.33. The highest BCUT2D eigenvalue weighted by Crippen LogP contribution is 2.26. The number of carbonyl (C=O) groups is 1. The molecule has 2 aliphatic rings. The Bertz CT molecular complexity index is 538. The molecule has 1 unspecified atom stereocenters. The fourth-order valence-corrected chi connectivity index (χ4v) is 4.76. The molecule has 0 aliphatic carbocycles. The Hall–Kier alpha value is -1.20. The lowest BCUT2D eigenvalue weighted by Gasteiger charge is -2.35. The zero-order chi connectivity index (χ0) is 16.8. The van der Waals surface area contributed by atoms with E-state index in [1.165, 1.54) is 43.9 Å². The van der Waals surface area contributed by atoms with Crippen molar-refractivity contribution >= 4 is 17.7 Å². The molecule has 1 amide bonds. The average molecular weight is 349 g/mol. The number of carbonyl (C=O) groups excluding carboxylic acids is 1. The standard InChI is InChI=1S/C19H28N2O2S/c1-15-4-2-3-5-18(15)23-13-19(22)20-12-16-6-9-21(10-7-16)17-8-11-24-14-17/h2-5,16-17H,6-14H2,1H3,(H,20,22). The molecule has 2 saturated heterocycles. The third kappa shape index (κ3) is 4.90. The minimum absolute atomic E-state index is 0.0205. The van der Waals surface area contributed by atoms with Gasteiger partial charge in [0.2, 0.25) is 0 Å². The second-order valence-corrected chi connectivity index (χ2v) is 8.00. The van der Waals surface area contributed by atoms with Crippen LogP contribution in [-0.2, 0) is 4.79 Å². The van der Waals surface area contributed by atoms with Gasteiger partial charge in [-0.15, -0.1) is 0 Å². The number of nitrogens with one attached hydrogen (secondary N) is 1. The normalized spacial score (nSPS) is 22.5. The SMILES string of the molecule is Cc1ccccc1OCC(=O)NCC1CCN(C2CCSC2)CC1. The molecule has 1 aromatic carbocycles. The summed E-state index contributed by atoms with van der Waals surface area (Å²) in [5.74, 6) is 4.00. The van der Waals surface area contributed by atoms with Crippen LogP contribution in [0.5, 0.6) is 5.75 Å². The number of piperidine rings is 1. The highest BCUT2D eigenvalue weighted by molar-refractivity contribution is 7.99. The minimum Gasteiger partial charge on any atom is -0.484 e. The van der Waals surface area contributed by atoms with Crippen molar-refractivity contribution in [1.82, 2.24) is 10.2 Å². The second-order valence-electron chi connectivity index (χ2n) is 6.86. The summed E-state index contributed by atoms with van der Waals surface area (Å²) in [6.07, 6.45) is 3.74. The number of thioether (sulfide) groups is 1. The Morgan fingerprint density at radius 2 is 2.08 bits per heavy atom. The molecule has 0 saturated carbocycles. The van der Waals surface area contributed by atoms with Gasteiger partial charge in [-0.2, -0.15) is 11.8 Å². The molecule has 0 aromatic heterocycles. The molecule has 1 aromatic rings. The van der Waals surface area contributed by atoms with E-state index in [0.717, 1.165) is 23.9 Å². The molecule has 0 bridgehead atoms. The molecular weight excluding hydrogens is 320 g/mol. The van der Waals surface area contributed by atoms with Gasteiger partial charge < -0.3 is 10.1 Å². The molecule has 4 nitrogen and oxygen atoms in total. The van der Waals surface area contributed by atoms with Crippen LogP contribution in [0.25, 0.3) is 0 Å². The van der Waals surface area contributed by atoms with E-state index in [0.29, 0.717) is 5.92 Å². The topological polar surface area (TPSA) is 41.6 Å². The van der Waals surface area contributed by atoms with Gasteiger partial charge >= 0.3 is 0 Å². The van der Waals surface area contributed by atoms with Gasteiger partial charge in [0.1, 0.15) is 5.75 Å². The fraction of sp³-hybridized carbons (Fsp3) is 0.632. The van der Waals surface area contributed by atoms with Crippen molar-refractivity contribution < 1.29 is 9.53 Å². The van der Waals surface area contributed by atoms with Crippen LogP contribution in [0.2, 0.25) is 0 Å². The van der Waals surface area contributed by atoms with Crippen LogP contribution in [0.1, 0.15) is 24.8 Å². The predicted octanol–water partition coefficient (Wildman–Crippen LogP) is 2.71. The van der Waals surface area contributed by atoms with Crippen LogP contribution >= 0.6 is 11.8 Å². The van der Waals surface area contributed by atoms with E-state index in [1.807, 2.05) is 31.2 Å². The van der Waals surface area contributed by atoms with Gasteiger partial charge in [-0.05, 0) is 62.6 Å². The highest BCUT2D eigenvalue weighted by Gasteiger charge is 2.27. The first kappa shape index (κ1) is 17.6. The van der Waals surface area contributed by atoms with Gasteiger partial charge in [0, 0.05) is 18.3 Å². The molecule has 5 heteroatoms. The number of hydrogen-bond acceptors (Lipinski definition) is 4. The largest absolute Gasteiger partial charge is 0.484 e. The van der Waals surface area contributed by atoms with E-state index in [4.69, 9.17) is 4.74 Å². The predicted molar refractivity (Wildman–Crippen MR) is 99.7 cm³/mol. The number of ether oxygens (including phenoxy) is 1. The molecule has 3 rings (SSSR count). The van der Waals surface area contributed by atoms with Crippen molar-refractivity contribution in [3.63, 3.8) is 0 Å². The Kier molecular flexibility index (Phi) is 6.44. The number of amides is 1. The van der Waals surface area contributed by atoms with Crippen molar-refractivity contribution in [2.24, 2.45) is 5.92 Å². The second kappa shape index (κ2) is 8.77. The molecule has 2 heterocycles. The highest BCUT2D eigenvalue weighted by atomic mass is 32.2. The van der Waals surface area contributed by atoms with Gasteiger partial charge in [-0.25, -0.2) is 0 Å². The first-order chi connectivity index (χ1) is 11.7. The summed E-state index contributed by atoms with van der Waals surface area (Å²) in [4.78, 5) is 14.6. The lowest BCUT2D eigenvalue weighted by molar-refractivity contribution is -0.123. The smallest absolute Gasteiger partial charge is 0.257 e. The molecule has 0 spiro atoms. The molecule has 0 radical (unpaired) electrons. The van der Waals surface area contributed by atoms with Crippen LogP contribution in [-0.4, -0.2) is 54.6 Å². The van der Waals surface area contributed by atoms with Gasteiger partial charge in [-0.3, -0.25) is 9.69 Å². The van der Waals surface area contributed by atoms with E-state index in [1.54, 1.807) is 0 Å². The summed E-state index contributed by atoms with van der Waals surface area (Å²) < 4.78 is 5.60. The van der Waals surface area contributed by atoms with Crippen molar-refractivity contribution in [3.05, 3.63) is 29.8 Å². The number of rotatable bonds is 6. The first-order valence-corrected chi connectivity index (χ1v) is 10.1. The van der Waals surface area contributed by atoms with Crippen LogP contribution in [0.15, 0.2) is 24.3 Å². The fourth-order valence-electron chi connectivity index (χ4n) is 3.50. The molecule has 1 atom stereocenters. The zero-order valence-electron chi connectivity index (χ0n) is 14.5. The zero-order valence-corrected chi connectivity index (χ0v) is 15.3. The summed E-state index contributed by atoms with van der Waals surface area (Å²) in [6, 6.07) is 8.59. The minimum atomic E-state index is -0.0205. The van der Waals surface area contributed by atoms with Gasteiger partial charge in [0.25, 0.3) is 5.91 Å². The van der Waals surface area contributed by atoms with E-state index in [-0.39, 0.29) is 12.5 Å². The Morgan fingerprint density at radius 3 is 2.79 bits per heavy atom. The third-order valence-corrected chi connectivity index (χ3v) is 6.26. The molecule has 2 fully saturated rings. The number of likely N-dealkylation sites (tertiary alicyclic amines) is 1. The van der Waals surface area contributed by atoms with Crippen LogP contribution < -0.4 is 10.1 Å². The summed E-state index contributed by atoms with van der Waals surface area (Å²) >= 11 is 2.08. The van der Waals surface area contributed by atoms with Gasteiger partial charge in [0.05, 0.1) is 0 Å². The Labute approximate surface area is 149 Å². The molecule has 132 valence electrons. The lowest BCUT2D eigenvalue weighted by atomic mass is 9.95. The van der Waals surface area contributed by atoms with Crippen LogP contribution in [0.4, 0.5) is 0 Å². The van der Waals surface area contributed by atoms with Crippen molar-refractivity contribution in [3.8, 4) is 5.75 Å². The maximum atomic E-state index is 12.0. The maximum absolute atomic E-state index is 12.0. The van der Waals surface area contributed by atoms with Crippen molar-refractivity contribution in [2.75, 3.05) is 37.7 Å². The van der Waals surface area contributed by atoms with E-state index >= 15 is 0 Å². The monoisotopic (exact) mass is 348 g/mol. The van der Waals surface area contributed by atoms with Gasteiger partial charge in [0.15, 0.2) is 6.61 Å². The maximum Gasteiger partial charge on any atom is 0.257 e. The number of para-hydroxylation sites is 1. The number of nitrogens with zero attached hydrogens (tertiary/aromatic N) is 1. The number of aryl methyl sites for hydroxylation is 1. The third-order valence-electron chi connectivity index (χ3n) is 5.11. The van der Waals surface area contributed by atoms with Crippen LogP contribution in [0.3, 0.4) is 0 Å². The molecule has 24 heavy (non-hydrogen) atoms. The van der Waals surface area contributed by atoms with E-state index in [2.05, 4.69) is 22.0 Å².